The van der Waals surface area contributed by atoms with Gasteiger partial charge in [0.1, 0.15) is 6.54 Å². The molecule has 1 nitrogen and oxygen atoms in total. The molecule has 0 amide bonds. The van der Waals surface area contributed by atoms with Gasteiger partial charge in [-0.1, -0.05) is 49.7 Å². The summed E-state index contributed by atoms with van der Waals surface area (Å²) in [4.78, 5) is 0. The van der Waals surface area contributed by atoms with Crippen LogP contribution in [0.25, 0.3) is 21.9 Å². The first-order valence-electron chi connectivity index (χ1n) is 7.35. The van der Waals surface area contributed by atoms with Crippen LogP contribution in [-0.4, -0.2) is 0 Å². The van der Waals surface area contributed by atoms with Gasteiger partial charge in [-0.3, -0.25) is 0 Å². The van der Waals surface area contributed by atoms with Gasteiger partial charge in [0.25, 0.3) is 0 Å². The van der Waals surface area contributed by atoms with Gasteiger partial charge in [0.05, 0.1) is 0 Å². The Hall–Kier alpha value is -2.15. The maximum absolute atomic E-state index is 2.26. The molecule has 0 aliphatic rings. The molecule has 0 radical (unpaired) electrons. The van der Waals surface area contributed by atoms with Crippen molar-refractivity contribution in [1.82, 2.24) is 0 Å². The average Bonchev–Trinajstić information content (AvgIpc) is 2.53. The lowest BCUT2D eigenvalue weighted by molar-refractivity contribution is -0.697. The molecule has 20 heavy (non-hydrogen) atoms. The Morgan fingerprint density at radius 2 is 1.55 bits per heavy atom. The van der Waals surface area contributed by atoms with Crippen LogP contribution in [0.4, 0.5) is 0 Å². The van der Waals surface area contributed by atoms with Crippen LogP contribution >= 0.6 is 0 Å². The summed E-state index contributed by atoms with van der Waals surface area (Å²) in [7, 11) is 0. The number of hydrogen-bond acceptors (Lipinski definition) is 0. The van der Waals surface area contributed by atoms with Crippen LogP contribution in [-0.2, 0) is 6.54 Å². The van der Waals surface area contributed by atoms with E-state index in [2.05, 4.69) is 78.5 Å². The van der Waals surface area contributed by atoms with Gasteiger partial charge in [-0.05, 0) is 28.0 Å². The molecular formula is C19H20N+. The fourth-order valence-corrected chi connectivity index (χ4v) is 2.51. The third-order valence-corrected chi connectivity index (χ3v) is 3.74. The summed E-state index contributed by atoms with van der Waals surface area (Å²) in [6, 6.07) is 19.6. The van der Waals surface area contributed by atoms with Gasteiger partial charge in [0.15, 0.2) is 12.4 Å². The molecular weight excluding hydrogens is 242 g/mol. The van der Waals surface area contributed by atoms with Gasteiger partial charge in [-0.2, -0.15) is 0 Å². The summed E-state index contributed by atoms with van der Waals surface area (Å²) in [5, 5.41) is 2.60. The zero-order valence-corrected chi connectivity index (χ0v) is 11.9. The molecule has 100 valence electrons. The summed E-state index contributed by atoms with van der Waals surface area (Å²) in [5.74, 6) is 0. The van der Waals surface area contributed by atoms with Crippen LogP contribution in [0.5, 0.6) is 0 Å². The maximum atomic E-state index is 2.26. The summed E-state index contributed by atoms with van der Waals surface area (Å²) < 4.78 is 2.26. The lowest BCUT2D eigenvalue weighted by atomic mass is 10.0. The number of pyridine rings is 1. The Morgan fingerprint density at radius 3 is 2.30 bits per heavy atom. The Bertz CT molecular complexity index is 698. The van der Waals surface area contributed by atoms with E-state index in [1.165, 1.54) is 34.7 Å². The Balaban J connectivity index is 1.90. The normalized spacial score (nSPS) is 10.8. The number of hydrogen-bond donors (Lipinski definition) is 0. The minimum absolute atomic E-state index is 1.11. The minimum atomic E-state index is 1.11. The van der Waals surface area contributed by atoms with Gasteiger partial charge >= 0.3 is 0 Å². The van der Waals surface area contributed by atoms with Gasteiger partial charge in [-0.15, -0.1) is 0 Å². The van der Waals surface area contributed by atoms with E-state index in [0.29, 0.717) is 0 Å². The monoisotopic (exact) mass is 262 g/mol. The van der Waals surface area contributed by atoms with Crippen molar-refractivity contribution < 1.29 is 4.57 Å². The SMILES string of the molecule is CCCC[n+]1ccc(-c2ccc3ccccc3c2)cc1. The van der Waals surface area contributed by atoms with Crippen LogP contribution in [0.3, 0.4) is 0 Å². The lowest BCUT2D eigenvalue weighted by Crippen LogP contribution is -2.32. The van der Waals surface area contributed by atoms with E-state index in [0.717, 1.165) is 6.54 Å². The zero-order valence-electron chi connectivity index (χ0n) is 11.9. The summed E-state index contributed by atoms with van der Waals surface area (Å²) in [6.45, 7) is 3.33. The summed E-state index contributed by atoms with van der Waals surface area (Å²) in [5.41, 5.74) is 2.56. The Morgan fingerprint density at radius 1 is 0.800 bits per heavy atom. The molecule has 1 heterocycles. The quantitative estimate of drug-likeness (QED) is 0.605. The number of benzene rings is 2. The van der Waals surface area contributed by atoms with Crippen LogP contribution in [0.15, 0.2) is 67.0 Å². The highest BCUT2D eigenvalue weighted by atomic mass is 14.9. The number of fused-ring (bicyclic) bond motifs is 1. The molecule has 0 spiro atoms. The van der Waals surface area contributed by atoms with Crippen molar-refractivity contribution in [3.05, 3.63) is 67.0 Å². The minimum Gasteiger partial charge on any atom is -0.205 e. The number of aryl methyl sites for hydroxylation is 1. The second kappa shape index (κ2) is 5.87. The van der Waals surface area contributed by atoms with E-state index in [-0.39, 0.29) is 0 Å². The molecule has 1 heteroatoms. The number of unbranched alkanes of at least 4 members (excludes halogenated alkanes) is 1. The van der Waals surface area contributed by atoms with E-state index in [9.17, 15) is 0 Å². The third-order valence-electron chi connectivity index (χ3n) is 3.74. The van der Waals surface area contributed by atoms with Crippen LogP contribution < -0.4 is 4.57 Å². The topological polar surface area (TPSA) is 3.88 Å². The van der Waals surface area contributed by atoms with Gasteiger partial charge < -0.3 is 0 Å². The molecule has 2 aromatic carbocycles. The highest BCUT2D eigenvalue weighted by Crippen LogP contribution is 2.23. The van der Waals surface area contributed by atoms with Crippen molar-refractivity contribution in [1.29, 1.82) is 0 Å². The van der Waals surface area contributed by atoms with E-state index in [4.69, 9.17) is 0 Å². The van der Waals surface area contributed by atoms with Crippen LogP contribution in [0.1, 0.15) is 19.8 Å². The fourth-order valence-electron chi connectivity index (χ4n) is 2.51. The van der Waals surface area contributed by atoms with Gasteiger partial charge in [-0.25, -0.2) is 4.57 Å². The van der Waals surface area contributed by atoms with Crippen molar-refractivity contribution >= 4 is 10.8 Å². The second-order valence-corrected chi connectivity index (χ2v) is 5.24. The standard InChI is InChI=1S/C19H20N/c1-2-3-12-20-13-10-17(11-14-20)19-9-8-16-6-4-5-7-18(16)15-19/h4-11,13-15H,2-3,12H2,1H3/q+1. The van der Waals surface area contributed by atoms with E-state index in [1.54, 1.807) is 0 Å². The fraction of sp³-hybridized carbons (Fsp3) is 0.211. The molecule has 0 saturated carbocycles. The van der Waals surface area contributed by atoms with Crippen LogP contribution in [0, 0.1) is 0 Å². The Labute approximate surface area is 120 Å². The molecule has 3 aromatic rings. The van der Waals surface area contributed by atoms with E-state index in [1.807, 2.05) is 0 Å². The van der Waals surface area contributed by atoms with Gasteiger partial charge in [0, 0.05) is 18.6 Å². The molecule has 0 bridgehead atoms. The molecule has 0 aliphatic carbocycles. The zero-order chi connectivity index (χ0) is 13.8. The highest BCUT2D eigenvalue weighted by molar-refractivity contribution is 5.87. The largest absolute Gasteiger partial charge is 0.205 e. The maximum Gasteiger partial charge on any atom is 0.169 e. The number of aromatic nitrogens is 1. The van der Waals surface area contributed by atoms with Crippen molar-refractivity contribution in [2.45, 2.75) is 26.3 Å². The van der Waals surface area contributed by atoms with Crippen molar-refractivity contribution in [3.8, 4) is 11.1 Å². The highest BCUT2D eigenvalue weighted by Gasteiger charge is 2.03. The molecule has 0 N–H and O–H groups in total. The Kier molecular flexibility index (Phi) is 3.78. The van der Waals surface area contributed by atoms with Crippen molar-refractivity contribution in [2.24, 2.45) is 0 Å². The third kappa shape index (κ3) is 2.72. The molecule has 0 unspecified atom stereocenters. The lowest BCUT2D eigenvalue weighted by Gasteiger charge is -2.04. The first-order chi connectivity index (χ1) is 9.86. The molecule has 0 saturated heterocycles. The predicted octanol–water partition coefficient (Wildman–Crippen LogP) is 4.59. The molecule has 0 atom stereocenters. The second-order valence-electron chi connectivity index (χ2n) is 5.24. The molecule has 0 fully saturated rings. The predicted molar refractivity (Wildman–Crippen MR) is 84.5 cm³/mol. The number of nitrogens with zero attached hydrogens (tertiary/aromatic N) is 1. The van der Waals surface area contributed by atoms with E-state index >= 15 is 0 Å². The molecule has 1 aromatic heterocycles. The molecule has 0 aliphatic heterocycles. The van der Waals surface area contributed by atoms with E-state index < -0.39 is 0 Å². The first kappa shape index (κ1) is 12.9. The number of rotatable bonds is 4. The smallest absolute Gasteiger partial charge is 0.169 e. The van der Waals surface area contributed by atoms with Crippen molar-refractivity contribution in [2.75, 3.05) is 0 Å². The van der Waals surface area contributed by atoms with Crippen molar-refractivity contribution in [3.63, 3.8) is 0 Å². The first-order valence-corrected chi connectivity index (χ1v) is 7.35. The van der Waals surface area contributed by atoms with Crippen LogP contribution in [0.2, 0.25) is 0 Å². The summed E-state index contributed by atoms with van der Waals surface area (Å²) >= 11 is 0. The molecule has 3 rings (SSSR count). The van der Waals surface area contributed by atoms with Gasteiger partial charge in [0.2, 0.25) is 0 Å². The average molecular weight is 262 g/mol. The summed E-state index contributed by atoms with van der Waals surface area (Å²) in [6.07, 6.45) is 6.83.